The Kier molecular flexibility index (Phi) is 24.3. The SMILES string of the molecule is NCCCCCCCCCCCCCCCCCCSSC(=O)CCS. The molecule has 0 radical (unpaired) electrons. The summed E-state index contributed by atoms with van der Waals surface area (Å²) >= 11 is 4.08. The van der Waals surface area contributed by atoms with E-state index in [1.807, 2.05) is 0 Å². The second-order valence-corrected chi connectivity index (χ2v) is 10.1. The van der Waals surface area contributed by atoms with Crippen LogP contribution < -0.4 is 5.73 Å². The molecule has 0 atom stereocenters. The molecule has 0 heterocycles. The van der Waals surface area contributed by atoms with Gasteiger partial charge in [0.2, 0.25) is 0 Å². The molecule has 0 unspecified atom stereocenters. The quantitative estimate of drug-likeness (QED) is 0.115. The lowest BCUT2D eigenvalue weighted by molar-refractivity contribution is -0.110. The van der Waals surface area contributed by atoms with Crippen LogP contribution >= 0.6 is 34.2 Å². The Morgan fingerprint density at radius 3 is 1.42 bits per heavy atom. The molecule has 0 saturated heterocycles. The lowest BCUT2D eigenvalue weighted by Crippen LogP contribution is -1.97. The third kappa shape index (κ3) is 22.7. The van der Waals surface area contributed by atoms with Gasteiger partial charge in [0.25, 0.3) is 0 Å². The Morgan fingerprint density at radius 2 is 1.04 bits per heavy atom. The third-order valence-electron chi connectivity index (χ3n) is 4.65. The van der Waals surface area contributed by atoms with E-state index in [-0.39, 0.29) is 5.12 Å². The number of hydrogen-bond donors (Lipinski definition) is 2. The van der Waals surface area contributed by atoms with E-state index in [1.54, 1.807) is 10.8 Å². The van der Waals surface area contributed by atoms with Gasteiger partial charge >= 0.3 is 0 Å². The van der Waals surface area contributed by atoms with E-state index < -0.39 is 0 Å². The highest BCUT2D eigenvalue weighted by molar-refractivity contribution is 8.82. The van der Waals surface area contributed by atoms with E-state index in [4.69, 9.17) is 5.73 Å². The maximum absolute atomic E-state index is 11.3. The Hall–Kier alpha value is 0.680. The monoisotopic (exact) mass is 421 g/mol. The van der Waals surface area contributed by atoms with E-state index in [9.17, 15) is 4.79 Å². The lowest BCUT2D eigenvalue weighted by atomic mass is 10.0. The van der Waals surface area contributed by atoms with Crippen molar-refractivity contribution in [1.82, 2.24) is 0 Å². The first-order valence-electron chi connectivity index (χ1n) is 10.9. The smallest absolute Gasteiger partial charge is 0.200 e. The average molecular weight is 422 g/mol. The van der Waals surface area contributed by atoms with Crippen LogP contribution in [-0.4, -0.2) is 23.2 Å². The van der Waals surface area contributed by atoms with Gasteiger partial charge < -0.3 is 5.73 Å². The fourth-order valence-electron chi connectivity index (χ4n) is 3.02. The van der Waals surface area contributed by atoms with Gasteiger partial charge in [-0.1, -0.05) is 101 Å². The zero-order valence-electron chi connectivity index (χ0n) is 16.9. The first kappa shape index (κ1) is 26.7. The second-order valence-electron chi connectivity index (χ2n) is 7.20. The molecular formula is C21H43NOS3. The van der Waals surface area contributed by atoms with Gasteiger partial charge in [0, 0.05) is 12.2 Å². The van der Waals surface area contributed by atoms with Crippen LogP contribution in [0, 0.1) is 0 Å². The van der Waals surface area contributed by atoms with Gasteiger partial charge in [-0.05, 0) is 35.9 Å². The van der Waals surface area contributed by atoms with Crippen LogP contribution in [0.4, 0.5) is 0 Å². The number of hydrogen-bond acceptors (Lipinski definition) is 5. The molecule has 0 saturated carbocycles. The van der Waals surface area contributed by atoms with E-state index >= 15 is 0 Å². The van der Waals surface area contributed by atoms with Crippen molar-refractivity contribution in [3.8, 4) is 0 Å². The number of thiol groups is 1. The van der Waals surface area contributed by atoms with Gasteiger partial charge in [-0.3, -0.25) is 4.79 Å². The lowest BCUT2D eigenvalue weighted by Gasteiger charge is -2.04. The summed E-state index contributed by atoms with van der Waals surface area (Å²) in [5.41, 5.74) is 5.50. The fraction of sp³-hybridized carbons (Fsp3) is 0.952. The molecule has 26 heavy (non-hydrogen) atoms. The number of carbonyl (C=O) groups is 1. The van der Waals surface area contributed by atoms with Crippen LogP contribution in [0.2, 0.25) is 0 Å². The molecule has 5 heteroatoms. The highest BCUT2D eigenvalue weighted by Crippen LogP contribution is 2.25. The van der Waals surface area contributed by atoms with E-state index in [2.05, 4.69) is 12.6 Å². The highest BCUT2D eigenvalue weighted by Gasteiger charge is 2.01. The van der Waals surface area contributed by atoms with E-state index in [0.29, 0.717) is 12.2 Å². The van der Waals surface area contributed by atoms with Crippen molar-refractivity contribution in [2.24, 2.45) is 5.73 Å². The molecule has 0 aromatic heterocycles. The minimum atomic E-state index is 0.271. The standard InChI is InChI=1S/C21H43NOS3/c22-18-15-13-11-9-7-5-3-1-2-4-6-8-10-12-14-16-20-25-26-21(23)17-19-24/h24H,1-20,22H2. The minimum Gasteiger partial charge on any atom is -0.330 e. The summed E-state index contributed by atoms with van der Waals surface area (Å²) in [7, 11) is 3.13. The Balaban J connectivity index is 3.02. The molecule has 2 nitrogen and oxygen atoms in total. The summed E-state index contributed by atoms with van der Waals surface area (Å²) in [6, 6.07) is 0. The molecule has 2 N–H and O–H groups in total. The van der Waals surface area contributed by atoms with Gasteiger partial charge in [0.1, 0.15) is 0 Å². The van der Waals surface area contributed by atoms with Crippen molar-refractivity contribution >= 4 is 39.3 Å². The van der Waals surface area contributed by atoms with Crippen molar-refractivity contribution < 1.29 is 4.79 Å². The van der Waals surface area contributed by atoms with Gasteiger partial charge in [0.15, 0.2) is 5.12 Å². The summed E-state index contributed by atoms with van der Waals surface area (Å²) in [5.74, 6) is 1.78. The summed E-state index contributed by atoms with van der Waals surface area (Å²) in [5, 5.41) is 0.271. The van der Waals surface area contributed by atoms with Crippen LogP contribution in [0.25, 0.3) is 0 Å². The molecule has 0 aliphatic carbocycles. The maximum atomic E-state index is 11.3. The Labute approximate surface area is 176 Å². The van der Waals surface area contributed by atoms with Gasteiger partial charge in [0.05, 0.1) is 0 Å². The highest BCUT2D eigenvalue weighted by atomic mass is 33.1. The largest absolute Gasteiger partial charge is 0.330 e. The molecule has 0 aromatic rings. The molecule has 0 fully saturated rings. The van der Waals surface area contributed by atoms with Crippen LogP contribution in [0.5, 0.6) is 0 Å². The first-order valence-corrected chi connectivity index (χ1v) is 13.9. The minimum absolute atomic E-state index is 0.271. The van der Waals surface area contributed by atoms with Crippen molar-refractivity contribution in [1.29, 1.82) is 0 Å². The van der Waals surface area contributed by atoms with E-state index in [1.165, 1.54) is 114 Å². The summed E-state index contributed by atoms with van der Waals surface area (Å²) in [4.78, 5) is 11.3. The van der Waals surface area contributed by atoms with Crippen molar-refractivity contribution in [3.05, 3.63) is 0 Å². The number of unbranched alkanes of at least 4 members (excludes halogenated alkanes) is 15. The predicted octanol–water partition coefficient (Wildman–Crippen LogP) is 7.41. The first-order chi connectivity index (χ1) is 12.8. The molecule has 156 valence electrons. The number of nitrogens with two attached hydrogens (primary N) is 1. The Bertz CT molecular complexity index is 290. The number of rotatable bonds is 21. The maximum Gasteiger partial charge on any atom is 0.200 e. The average Bonchev–Trinajstić information content (AvgIpc) is 2.64. The van der Waals surface area contributed by atoms with Crippen LogP contribution in [0.3, 0.4) is 0 Å². The van der Waals surface area contributed by atoms with Crippen LogP contribution in [-0.2, 0) is 4.79 Å². The molecule has 0 aliphatic rings. The number of carbonyl (C=O) groups excluding carboxylic acids is 1. The molecule has 0 bridgehead atoms. The van der Waals surface area contributed by atoms with Crippen LogP contribution in [0.15, 0.2) is 0 Å². The molecule has 0 rings (SSSR count). The van der Waals surface area contributed by atoms with Gasteiger partial charge in [-0.25, -0.2) is 0 Å². The molecule has 0 amide bonds. The van der Waals surface area contributed by atoms with E-state index in [0.717, 1.165) is 12.3 Å². The summed E-state index contributed by atoms with van der Waals surface area (Å²) < 4.78 is 0. The zero-order valence-corrected chi connectivity index (χ0v) is 19.4. The molecule has 0 spiro atoms. The van der Waals surface area contributed by atoms with Gasteiger partial charge in [-0.15, -0.1) is 0 Å². The zero-order chi connectivity index (χ0) is 19.1. The molecule has 0 aliphatic heterocycles. The van der Waals surface area contributed by atoms with Crippen LogP contribution in [0.1, 0.15) is 109 Å². The predicted molar refractivity (Wildman–Crippen MR) is 126 cm³/mol. The summed E-state index contributed by atoms with van der Waals surface area (Å²) in [6.45, 7) is 0.859. The fourth-order valence-corrected chi connectivity index (χ4v) is 5.34. The summed E-state index contributed by atoms with van der Waals surface area (Å²) in [6.07, 6.45) is 22.6. The molecule has 0 aromatic carbocycles. The van der Waals surface area contributed by atoms with Crippen molar-refractivity contribution in [2.45, 2.75) is 109 Å². The topological polar surface area (TPSA) is 43.1 Å². The third-order valence-corrected chi connectivity index (χ3v) is 7.25. The van der Waals surface area contributed by atoms with Crippen molar-refractivity contribution in [3.63, 3.8) is 0 Å². The normalized spacial score (nSPS) is 11.2. The van der Waals surface area contributed by atoms with Gasteiger partial charge in [-0.2, -0.15) is 12.6 Å². The second kappa shape index (κ2) is 23.7. The Morgan fingerprint density at radius 1 is 0.654 bits per heavy atom. The molecular weight excluding hydrogens is 378 g/mol. The van der Waals surface area contributed by atoms with Crippen molar-refractivity contribution in [2.75, 3.05) is 18.1 Å².